The Morgan fingerprint density at radius 3 is 2.22 bits per heavy atom. The van der Waals surface area contributed by atoms with Crippen molar-refractivity contribution in [1.82, 2.24) is 4.57 Å². The number of anilines is 1. The number of benzene rings is 6. The van der Waals surface area contributed by atoms with Gasteiger partial charge in [0.05, 0.1) is 11.0 Å². The first kappa shape index (κ1) is 27.0. The number of para-hydroxylation sites is 1. The van der Waals surface area contributed by atoms with E-state index >= 15 is 0 Å². The molecule has 2 nitrogen and oxygen atoms in total. The highest BCUT2D eigenvalue weighted by atomic mass is 15.1. The maximum Gasteiger partial charge on any atom is 0.0619 e. The van der Waals surface area contributed by atoms with Crippen molar-refractivity contribution in [2.75, 3.05) is 11.9 Å². The third-order valence-corrected chi connectivity index (χ3v) is 10.7. The summed E-state index contributed by atoms with van der Waals surface area (Å²) in [6.45, 7) is 4.80. The molecule has 0 radical (unpaired) electrons. The van der Waals surface area contributed by atoms with Crippen LogP contribution in [-0.2, 0) is 5.41 Å². The molecule has 0 saturated carbocycles. The van der Waals surface area contributed by atoms with Gasteiger partial charge in [-0.15, -0.1) is 0 Å². The van der Waals surface area contributed by atoms with Gasteiger partial charge < -0.3 is 9.47 Å². The standard InChI is InChI=1S/C44H36N2/c1-44(2)40-16-10-9-15-36(40)37-26-23-34(28-41(37)44)45(3)32-21-17-29(18-22-32)31-20-24-38-39-25-19-30-11-7-8-14-35(30)43(39)46(42(38)27-31)33-12-5-4-6-13-33/h4-28,37,41H,1-3H3. The predicted octanol–water partition coefficient (Wildman–Crippen LogP) is 11.2. The van der Waals surface area contributed by atoms with Crippen LogP contribution in [0.4, 0.5) is 5.69 Å². The molecule has 1 heterocycles. The van der Waals surface area contributed by atoms with Crippen LogP contribution in [0.25, 0.3) is 49.4 Å². The lowest BCUT2D eigenvalue weighted by Gasteiger charge is -2.33. The molecule has 46 heavy (non-hydrogen) atoms. The average molecular weight is 593 g/mol. The van der Waals surface area contributed by atoms with E-state index in [2.05, 4.69) is 182 Å². The van der Waals surface area contributed by atoms with Gasteiger partial charge in [0.15, 0.2) is 0 Å². The Labute approximate surface area is 270 Å². The van der Waals surface area contributed by atoms with Gasteiger partial charge in [-0.3, -0.25) is 0 Å². The molecular formula is C44H36N2. The number of allylic oxidation sites excluding steroid dienone is 3. The van der Waals surface area contributed by atoms with Gasteiger partial charge in [-0.05, 0) is 75.4 Å². The van der Waals surface area contributed by atoms with Crippen LogP contribution >= 0.6 is 0 Å². The molecular weight excluding hydrogens is 556 g/mol. The van der Waals surface area contributed by atoms with Crippen molar-refractivity contribution in [3.63, 3.8) is 0 Å². The minimum atomic E-state index is 0.106. The highest BCUT2D eigenvalue weighted by Crippen LogP contribution is 2.53. The highest BCUT2D eigenvalue weighted by molar-refractivity contribution is 6.19. The third kappa shape index (κ3) is 3.96. The number of hydrogen-bond acceptors (Lipinski definition) is 1. The van der Waals surface area contributed by atoms with Gasteiger partial charge in [0.2, 0.25) is 0 Å². The maximum atomic E-state index is 2.50. The molecule has 6 aromatic carbocycles. The van der Waals surface area contributed by atoms with Crippen LogP contribution in [0.5, 0.6) is 0 Å². The maximum absolute atomic E-state index is 2.50. The van der Waals surface area contributed by atoms with Crippen molar-refractivity contribution in [2.45, 2.75) is 25.2 Å². The topological polar surface area (TPSA) is 8.17 Å². The van der Waals surface area contributed by atoms with Crippen LogP contribution in [0.3, 0.4) is 0 Å². The Hall–Kier alpha value is -5.34. The van der Waals surface area contributed by atoms with Crippen LogP contribution in [0, 0.1) is 5.92 Å². The largest absolute Gasteiger partial charge is 0.345 e. The summed E-state index contributed by atoms with van der Waals surface area (Å²) in [5.41, 5.74) is 11.6. The number of rotatable bonds is 4. The molecule has 2 aliphatic rings. The molecule has 0 amide bonds. The SMILES string of the molecule is CN(C1=CC2C(C=C1)c1ccccc1C2(C)C)c1ccc(-c2ccc3c4ccc5ccccc5c4n(-c4ccccc4)c3c2)cc1. The predicted molar refractivity (Wildman–Crippen MR) is 195 cm³/mol. The second kappa shape index (κ2) is 10.1. The number of hydrogen-bond donors (Lipinski definition) is 0. The first-order chi connectivity index (χ1) is 22.5. The molecule has 0 bridgehead atoms. The first-order valence-corrected chi connectivity index (χ1v) is 16.3. The molecule has 0 spiro atoms. The van der Waals surface area contributed by atoms with Gasteiger partial charge in [0, 0.05) is 46.2 Å². The van der Waals surface area contributed by atoms with E-state index in [1.54, 1.807) is 0 Å². The first-order valence-electron chi connectivity index (χ1n) is 16.3. The zero-order valence-electron chi connectivity index (χ0n) is 26.5. The molecule has 2 aliphatic carbocycles. The molecule has 0 aliphatic heterocycles. The lowest BCUT2D eigenvalue weighted by molar-refractivity contribution is 0.392. The fraction of sp³-hybridized carbons (Fsp3) is 0.136. The second-order valence-corrected chi connectivity index (χ2v) is 13.5. The smallest absolute Gasteiger partial charge is 0.0619 e. The fourth-order valence-electron chi connectivity index (χ4n) is 8.23. The van der Waals surface area contributed by atoms with E-state index in [9.17, 15) is 0 Å². The summed E-state index contributed by atoms with van der Waals surface area (Å²) in [4.78, 5) is 2.33. The number of fused-ring (bicyclic) bond motifs is 8. The molecule has 2 heteroatoms. The van der Waals surface area contributed by atoms with Gasteiger partial charge in [-0.25, -0.2) is 0 Å². The fourth-order valence-corrected chi connectivity index (χ4v) is 8.23. The highest BCUT2D eigenvalue weighted by Gasteiger charge is 2.45. The Kier molecular flexibility index (Phi) is 5.92. The van der Waals surface area contributed by atoms with E-state index in [1.807, 2.05) is 0 Å². The molecule has 9 rings (SSSR count). The van der Waals surface area contributed by atoms with Gasteiger partial charge in [0.1, 0.15) is 0 Å². The molecule has 2 unspecified atom stereocenters. The lowest BCUT2D eigenvalue weighted by atomic mass is 9.74. The van der Waals surface area contributed by atoms with Crippen molar-refractivity contribution in [2.24, 2.45) is 5.92 Å². The molecule has 222 valence electrons. The summed E-state index contributed by atoms with van der Waals surface area (Å²) in [6.07, 6.45) is 7.23. The van der Waals surface area contributed by atoms with Gasteiger partial charge in [-0.1, -0.05) is 129 Å². The molecule has 0 saturated heterocycles. The average Bonchev–Trinajstić information content (AvgIpc) is 3.57. The van der Waals surface area contributed by atoms with Crippen molar-refractivity contribution >= 4 is 38.3 Å². The summed E-state index contributed by atoms with van der Waals surface area (Å²) < 4.78 is 2.44. The van der Waals surface area contributed by atoms with Crippen molar-refractivity contribution in [1.29, 1.82) is 0 Å². The number of aromatic nitrogens is 1. The summed E-state index contributed by atoms with van der Waals surface area (Å²) in [6, 6.07) is 49.0. The minimum Gasteiger partial charge on any atom is -0.345 e. The van der Waals surface area contributed by atoms with Crippen LogP contribution in [-0.4, -0.2) is 11.6 Å². The van der Waals surface area contributed by atoms with E-state index in [4.69, 9.17) is 0 Å². The van der Waals surface area contributed by atoms with Crippen molar-refractivity contribution < 1.29 is 0 Å². The summed E-state index contributed by atoms with van der Waals surface area (Å²) in [7, 11) is 2.19. The van der Waals surface area contributed by atoms with Crippen LogP contribution in [0.1, 0.15) is 30.9 Å². The Morgan fingerprint density at radius 1 is 0.652 bits per heavy atom. The van der Waals surface area contributed by atoms with Crippen molar-refractivity contribution in [3.8, 4) is 16.8 Å². The van der Waals surface area contributed by atoms with Gasteiger partial charge >= 0.3 is 0 Å². The Bertz CT molecular complexity index is 2350. The Balaban J connectivity index is 1.09. The lowest BCUT2D eigenvalue weighted by Crippen LogP contribution is -2.28. The van der Waals surface area contributed by atoms with Crippen molar-refractivity contribution in [3.05, 3.63) is 169 Å². The van der Waals surface area contributed by atoms with E-state index in [-0.39, 0.29) is 5.41 Å². The quantitative estimate of drug-likeness (QED) is 0.197. The molecule has 1 aromatic heterocycles. The summed E-state index contributed by atoms with van der Waals surface area (Å²) in [5, 5.41) is 5.09. The third-order valence-electron chi connectivity index (χ3n) is 10.7. The zero-order valence-corrected chi connectivity index (χ0v) is 26.5. The number of likely N-dealkylation sites (N-methyl/N-ethyl adjacent to an activating group) is 1. The van der Waals surface area contributed by atoms with E-state index in [0.717, 1.165) is 0 Å². The summed E-state index contributed by atoms with van der Waals surface area (Å²) in [5.74, 6) is 0.900. The van der Waals surface area contributed by atoms with Crippen LogP contribution in [0.2, 0.25) is 0 Å². The Morgan fingerprint density at radius 2 is 1.37 bits per heavy atom. The summed E-state index contributed by atoms with van der Waals surface area (Å²) >= 11 is 0. The van der Waals surface area contributed by atoms with Crippen LogP contribution < -0.4 is 4.90 Å². The molecule has 7 aromatic rings. The number of nitrogens with zero attached hydrogens (tertiary/aromatic N) is 2. The monoisotopic (exact) mass is 592 g/mol. The molecule has 0 fully saturated rings. The second-order valence-electron chi connectivity index (χ2n) is 13.5. The normalized spacial score (nSPS) is 18.1. The van der Waals surface area contributed by atoms with Gasteiger partial charge in [-0.2, -0.15) is 0 Å². The van der Waals surface area contributed by atoms with E-state index < -0.39 is 0 Å². The zero-order chi connectivity index (χ0) is 31.0. The van der Waals surface area contributed by atoms with E-state index in [1.165, 1.54) is 71.9 Å². The minimum absolute atomic E-state index is 0.106. The van der Waals surface area contributed by atoms with E-state index in [0.29, 0.717) is 11.8 Å². The molecule has 2 atom stereocenters. The molecule has 0 N–H and O–H groups in total. The van der Waals surface area contributed by atoms with Gasteiger partial charge in [0.25, 0.3) is 0 Å². The van der Waals surface area contributed by atoms with Crippen LogP contribution in [0.15, 0.2) is 157 Å².